The third-order valence-electron chi connectivity index (χ3n) is 5.43. The average molecular weight is 268 g/mol. The van der Waals surface area contributed by atoms with Crippen molar-refractivity contribution in [1.29, 1.82) is 0 Å². The Kier molecular flexibility index (Phi) is 5.27. The second-order valence-electron chi connectivity index (χ2n) is 6.31. The lowest BCUT2D eigenvalue weighted by Gasteiger charge is -2.54. The lowest BCUT2D eigenvalue weighted by atomic mass is 9.81. The van der Waals surface area contributed by atoms with Gasteiger partial charge in [-0.15, -0.1) is 0 Å². The SMILES string of the molecule is CCOC1CC(N2CC(CC)(CC)NCC2CC)C1. The highest BCUT2D eigenvalue weighted by atomic mass is 16.5. The van der Waals surface area contributed by atoms with Crippen molar-refractivity contribution in [3.05, 3.63) is 0 Å². The van der Waals surface area contributed by atoms with Gasteiger partial charge in [0.05, 0.1) is 6.10 Å². The van der Waals surface area contributed by atoms with Crippen molar-refractivity contribution in [3.63, 3.8) is 0 Å². The Morgan fingerprint density at radius 2 is 1.84 bits per heavy atom. The van der Waals surface area contributed by atoms with E-state index in [9.17, 15) is 0 Å². The lowest BCUT2D eigenvalue weighted by molar-refractivity contribution is -0.0765. The van der Waals surface area contributed by atoms with Gasteiger partial charge in [0.2, 0.25) is 0 Å². The fraction of sp³-hybridized carbons (Fsp3) is 1.00. The molecule has 19 heavy (non-hydrogen) atoms. The Morgan fingerprint density at radius 3 is 2.37 bits per heavy atom. The molecule has 0 aromatic rings. The van der Waals surface area contributed by atoms with Gasteiger partial charge in [0.1, 0.15) is 0 Å². The second kappa shape index (κ2) is 6.55. The molecular formula is C16H32N2O. The average Bonchev–Trinajstić information content (AvgIpc) is 2.41. The van der Waals surface area contributed by atoms with Crippen LogP contribution in [0.3, 0.4) is 0 Å². The van der Waals surface area contributed by atoms with Crippen LogP contribution in [0.15, 0.2) is 0 Å². The number of piperazine rings is 1. The van der Waals surface area contributed by atoms with Gasteiger partial charge in [-0.1, -0.05) is 20.8 Å². The first-order valence-electron chi connectivity index (χ1n) is 8.30. The molecule has 0 amide bonds. The molecule has 0 radical (unpaired) electrons. The highest BCUT2D eigenvalue weighted by Gasteiger charge is 2.43. The smallest absolute Gasteiger partial charge is 0.0604 e. The van der Waals surface area contributed by atoms with Crippen LogP contribution in [-0.2, 0) is 4.74 Å². The quantitative estimate of drug-likeness (QED) is 0.801. The maximum absolute atomic E-state index is 5.73. The molecule has 0 bridgehead atoms. The molecule has 0 aromatic heterocycles. The Morgan fingerprint density at radius 1 is 1.16 bits per heavy atom. The van der Waals surface area contributed by atoms with Gasteiger partial charge in [-0.3, -0.25) is 4.90 Å². The topological polar surface area (TPSA) is 24.5 Å². The summed E-state index contributed by atoms with van der Waals surface area (Å²) in [5.74, 6) is 0. The molecule has 0 aromatic carbocycles. The Balaban J connectivity index is 1.95. The second-order valence-corrected chi connectivity index (χ2v) is 6.31. The molecule has 1 saturated heterocycles. The van der Waals surface area contributed by atoms with Crippen molar-refractivity contribution >= 4 is 0 Å². The number of hydrogen-bond acceptors (Lipinski definition) is 3. The molecule has 2 fully saturated rings. The van der Waals surface area contributed by atoms with Crippen LogP contribution in [0.2, 0.25) is 0 Å². The summed E-state index contributed by atoms with van der Waals surface area (Å²) in [4.78, 5) is 2.79. The fourth-order valence-electron chi connectivity index (χ4n) is 3.70. The first-order valence-corrected chi connectivity index (χ1v) is 8.30. The first kappa shape index (κ1) is 15.3. The summed E-state index contributed by atoms with van der Waals surface area (Å²) in [5.41, 5.74) is 0.350. The molecule has 1 saturated carbocycles. The molecule has 1 atom stereocenters. The molecule has 1 heterocycles. The number of nitrogens with one attached hydrogen (secondary N) is 1. The summed E-state index contributed by atoms with van der Waals surface area (Å²) in [6.45, 7) is 12.3. The summed E-state index contributed by atoms with van der Waals surface area (Å²) in [6, 6.07) is 1.49. The van der Waals surface area contributed by atoms with Gasteiger partial charge in [0.25, 0.3) is 0 Å². The van der Waals surface area contributed by atoms with E-state index in [-0.39, 0.29) is 0 Å². The third-order valence-corrected chi connectivity index (χ3v) is 5.43. The summed E-state index contributed by atoms with van der Waals surface area (Å²) < 4.78 is 5.73. The predicted molar refractivity (Wildman–Crippen MR) is 80.5 cm³/mol. The van der Waals surface area contributed by atoms with E-state index in [0.29, 0.717) is 11.6 Å². The van der Waals surface area contributed by atoms with Crippen molar-refractivity contribution in [2.45, 2.75) is 83.5 Å². The maximum Gasteiger partial charge on any atom is 0.0604 e. The van der Waals surface area contributed by atoms with Crippen molar-refractivity contribution in [2.24, 2.45) is 0 Å². The molecule has 2 aliphatic rings. The monoisotopic (exact) mass is 268 g/mol. The van der Waals surface area contributed by atoms with Crippen LogP contribution in [0.5, 0.6) is 0 Å². The van der Waals surface area contributed by atoms with E-state index in [1.807, 2.05) is 0 Å². The Labute approximate surface area is 119 Å². The summed E-state index contributed by atoms with van der Waals surface area (Å²) in [6.07, 6.45) is 6.74. The largest absolute Gasteiger partial charge is 0.378 e. The zero-order chi connectivity index (χ0) is 13.9. The molecule has 3 heteroatoms. The van der Waals surface area contributed by atoms with Gasteiger partial charge >= 0.3 is 0 Å². The highest BCUT2D eigenvalue weighted by molar-refractivity contribution is 5.01. The standard InChI is InChI=1S/C16H32N2O/c1-5-13-11-17-16(6-2,7-3)12-18(13)14-9-15(10-14)19-8-4/h13-15,17H,5-12H2,1-4H3. The minimum atomic E-state index is 0.350. The number of ether oxygens (including phenoxy) is 1. The number of hydrogen-bond donors (Lipinski definition) is 1. The van der Waals surface area contributed by atoms with Crippen molar-refractivity contribution in [1.82, 2.24) is 10.2 Å². The summed E-state index contributed by atoms with van der Waals surface area (Å²) >= 11 is 0. The zero-order valence-electron chi connectivity index (χ0n) is 13.2. The molecule has 1 unspecified atom stereocenters. The van der Waals surface area contributed by atoms with Crippen LogP contribution in [0.1, 0.15) is 59.8 Å². The predicted octanol–water partition coefficient (Wildman–Crippen LogP) is 2.80. The van der Waals surface area contributed by atoms with Crippen molar-refractivity contribution in [3.8, 4) is 0 Å². The van der Waals surface area contributed by atoms with Gasteiger partial charge in [-0.25, -0.2) is 0 Å². The van der Waals surface area contributed by atoms with Crippen molar-refractivity contribution < 1.29 is 4.74 Å². The number of nitrogens with zero attached hydrogens (tertiary/aromatic N) is 1. The van der Waals surface area contributed by atoms with Crippen LogP contribution >= 0.6 is 0 Å². The molecule has 1 aliphatic carbocycles. The minimum Gasteiger partial charge on any atom is -0.378 e. The van der Waals surface area contributed by atoms with Crippen LogP contribution in [0, 0.1) is 0 Å². The van der Waals surface area contributed by atoms with E-state index in [4.69, 9.17) is 4.74 Å². The van der Waals surface area contributed by atoms with Crippen LogP contribution in [-0.4, -0.2) is 48.3 Å². The van der Waals surface area contributed by atoms with Gasteiger partial charge in [-0.05, 0) is 39.0 Å². The van der Waals surface area contributed by atoms with E-state index < -0.39 is 0 Å². The molecule has 112 valence electrons. The Hall–Kier alpha value is -0.120. The third kappa shape index (κ3) is 3.14. The van der Waals surface area contributed by atoms with Crippen molar-refractivity contribution in [2.75, 3.05) is 19.7 Å². The van der Waals surface area contributed by atoms with Gasteiger partial charge in [0, 0.05) is 37.3 Å². The Bertz CT molecular complexity index is 272. The van der Waals surface area contributed by atoms with Crippen LogP contribution < -0.4 is 5.32 Å². The number of rotatable bonds is 6. The first-order chi connectivity index (χ1) is 9.18. The van der Waals surface area contributed by atoms with E-state index in [0.717, 1.165) is 25.2 Å². The van der Waals surface area contributed by atoms with E-state index >= 15 is 0 Å². The molecule has 1 N–H and O–H groups in total. The zero-order valence-corrected chi connectivity index (χ0v) is 13.2. The summed E-state index contributed by atoms with van der Waals surface area (Å²) in [7, 11) is 0. The van der Waals surface area contributed by atoms with Crippen LogP contribution in [0.4, 0.5) is 0 Å². The fourth-order valence-corrected chi connectivity index (χ4v) is 3.70. The van der Waals surface area contributed by atoms with Gasteiger partial charge in [-0.2, -0.15) is 0 Å². The summed E-state index contributed by atoms with van der Waals surface area (Å²) in [5, 5.41) is 3.83. The maximum atomic E-state index is 5.73. The molecular weight excluding hydrogens is 236 g/mol. The van der Waals surface area contributed by atoms with Gasteiger partial charge in [0.15, 0.2) is 0 Å². The minimum absolute atomic E-state index is 0.350. The van der Waals surface area contributed by atoms with Gasteiger partial charge < -0.3 is 10.1 Å². The molecule has 2 rings (SSSR count). The van der Waals surface area contributed by atoms with Crippen LogP contribution in [0.25, 0.3) is 0 Å². The lowest BCUT2D eigenvalue weighted by Crippen LogP contribution is -2.67. The molecule has 3 nitrogen and oxygen atoms in total. The highest BCUT2D eigenvalue weighted by Crippen LogP contribution is 2.34. The van der Waals surface area contributed by atoms with E-state index in [1.54, 1.807) is 0 Å². The molecule has 1 aliphatic heterocycles. The normalized spacial score (nSPS) is 35.1. The van der Waals surface area contributed by atoms with E-state index in [2.05, 4.69) is 37.9 Å². The van der Waals surface area contributed by atoms with E-state index in [1.165, 1.54) is 38.6 Å². The molecule has 0 spiro atoms.